The lowest BCUT2D eigenvalue weighted by molar-refractivity contribution is -0.0117. The van der Waals surface area contributed by atoms with Gasteiger partial charge in [-0.25, -0.2) is 0 Å². The second-order valence-corrected chi connectivity index (χ2v) is 5.73. The molecular formula is C17H21NO3. The zero-order chi connectivity index (χ0) is 14.8. The van der Waals surface area contributed by atoms with Gasteiger partial charge in [-0.2, -0.15) is 5.26 Å². The number of hydrogen-bond acceptors (Lipinski definition) is 4. The van der Waals surface area contributed by atoms with Crippen LogP contribution in [0.3, 0.4) is 0 Å². The summed E-state index contributed by atoms with van der Waals surface area (Å²) in [5.74, 6) is 1.63. The maximum atomic E-state index is 9.38. The monoisotopic (exact) mass is 287 g/mol. The molecule has 3 rings (SSSR count). The minimum Gasteiger partial charge on any atom is -0.493 e. The molecule has 0 radical (unpaired) electrons. The molecule has 1 aromatic carbocycles. The van der Waals surface area contributed by atoms with Crippen LogP contribution in [0, 0.1) is 17.2 Å². The third-order valence-electron chi connectivity index (χ3n) is 4.12. The van der Waals surface area contributed by atoms with Crippen LogP contribution >= 0.6 is 0 Å². The van der Waals surface area contributed by atoms with Gasteiger partial charge < -0.3 is 14.2 Å². The molecule has 21 heavy (non-hydrogen) atoms. The fourth-order valence-electron chi connectivity index (χ4n) is 3.18. The van der Waals surface area contributed by atoms with Crippen molar-refractivity contribution in [2.45, 2.75) is 45.3 Å². The highest BCUT2D eigenvalue weighted by molar-refractivity contribution is 5.50. The van der Waals surface area contributed by atoms with Gasteiger partial charge in [0.1, 0.15) is 23.7 Å². The third-order valence-corrected chi connectivity index (χ3v) is 4.12. The van der Waals surface area contributed by atoms with Crippen molar-refractivity contribution < 1.29 is 14.2 Å². The van der Waals surface area contributed by atoms with Crippen LogP contribution in [-0.4, -0.2) is 19.3 Å². The molecule has 2 heterocycles. The quantitative estimate of drug-likeness (QED) is 0.855. The van der Waals surface area contributed by atoms with E-state index in [-0.39, 0.29) is 18.1 Å². The fraction of sp³-hybridized carbons (Fsp3) is 0.588. The Kier molecular flexibility index (Phi) is 4.03. The predicted octanol–water partition coefficient (Wildman–Crippen LogP) is 3.40. The summed E-state index contributed by atoms with van der Waals surface area (Å²) in [6, 6.07) is 6.45. The van der Waals surface area contributed by atoms with Crippen LogP contribution in [0.5, 0.6) is 11.5 Å². The van der Waals surface area contributed by atoms with Crippen molar-refractivity contribution in [1.29, 1.82) is 5.26 Å². The van der Waals surface area contributed by atoms with Gasteiger partial charge in [0.25, 0.3) is 0 Å². The van der Waals surface area contributed by atoms with E-state index >= 15 is 0 Å². The zero-order valence-electron chi connectivity index (χ0n) is 12.6. The maximum absolute atomic E-state index is 9.38. The smallest absolute Gasteiger partial charge is 0.125 e. The first-order valence-corrected chi connectivity index (χ1v) is 7.70. The normalized spacial score (nSPS) is 27.6. The summed E-state index contributed by atoms with van der Waals surface area (Å²) in [5.41, 5.74) is 2.13. The Hall–Kier alpha value is -1.73. The van der Waals surface area contributed by atoms with Crippen LogP contribution in [0.1, 0.15) is 43.9 Å². The Morgan fingerprint density at radius 1 is 1.43 bits per heavy atom. The van der Waals surface area contributed by atoms with E-state index in [4.69, 9.17) is 14.2 Å². The molecule has 0 amide bonds. The Bertz CT molecular complexity index is 564. The first-order chi connectivity index (χ1) is 10.2. The molecule has 1 saturated heterocycles. The molecule has 0 N–H and O–H groups in total. The van der Waals surface area contributed by atoms with Gasteiger partial charge >= 0.3 is 0 Å². The summed E-state index contributed by atoms with van der Waals surface area (Å²) in [6.45, 7) is 5.34. The topological polar surface area (TPSA) is 51.5 Å². The molecule has 4 nitrogen and oxygen atoms in total. The van der Waals surface area contributed by atoms with Crippen LogP contribution in [0.2, 0.25) is 0 Å². The average Bonchev–Trinajstić information content (AvgIpc) is 2.86. The second kappa shape index (κ2) is 5.95. The molecule has 1 aromatic rings. The summed E-state index contributed by atoms with van der Waals surface area (Å²) in [5, 5.41) is 9.38. The van der Waals surface area contributed by atoms with Gasteiger partial charge in [-0.05, 0) is 38.8 Å². The number of nitriles is 1. The van der Waals surface area contributed by atoms with Crippen LogP contribution in [0.15, 0.2) is 12.1 Å². The summed E-state index contributed by atoms with van der Waals surface area (Å²) in [7, 11) is 0. The van der Waals surface area contributed by atoms with E-state index in [0.717, 1.165) is 36.3 Å². The molecule has 2 aliphatic rings. The molecule has 0 saturated carbocycles. The average molecular weight is 287 g/mol. The van der Waals surface area contributed by atoms with Gasteiger partial charge in [0, 0.05) is 24.2 Å². The Balaban J connectivity index is 2.00. The molecule has 1 fully saturated rings. The predicted molar refractivity (Wildman–Crippen MR) is 78.4 cm³/mol. The standard InChI is InChI=1S/C17H21NO3/c1-3-19-16-8-13-7-11(2)21-15(13)9-14(16)17-12(10-18)5-4-6-20-17/h8-9,11-12,17H,3-7H2,1-2H3. The second-order valence-electron chi connectivity index (χ2n) is 5.73. The molecular weight excluding hydrogens is 266 g/mol. The molecule has 3 atom stereocenters. The van der Waals surface area contributed by atoms with Gasteiger partial charge in [-0.15, -0.1) is 0 Å². The molecule has 0 aromatic heterocycles. The summed E-state index contributed by atoms with van der Waals surface area (Å²) in [4.78, 5) is 0. The van der Waals surface area contributed by atoms with Gasteiger partial charge in [0.15, 0.2) is 0 Å². The summed E-state index contributed by atoms with van der Waals surface area (Å²) < 4.78 is 17.5. The van der Waals surface area contributed by atoms with Gasteiger partial charge in [-0.3, -0.25) is 0 Å². The molecule has 2 aliphatic heterocycles. The number of nitrogens with zero attached hydrogens (tertiary/aromatic N) is 1. The lowest BCUT2D eigenvalue weighted by Crippen LogP contribution is -2.22. The van der Waals surface area contributed by atoms with E-state index in [1.807, 2.05) is 13.0 Å². The molecule has 3 unspecified atom stereocenters. The Morgan fingerprint density at radius 2 is 2.29 bits per heavy atom. The van der Waals surface area contributed by atoms with Crippen molar-refractivity contribution in [3.8, 4) is 17.6 Å². The first-order valence-electron chi connectivity index (χ1n) is 7.70. The van der Waals surface area contributed by atoms with E-state index < -0.39 is 0 Å². The number of benzene rings is 1. The molecule has 0 bridgehead atoms. The molecule has 0 spiro atoms. The number of rotatable bonds is 3. The molecule has 112 valence electrons. The van der Waals surface area contributed by atoms with Crippen LogP contribution < -0.4 is 9.47 Å². The van der Waals surface area contributed by atoms with Crippen molar-refractivity contribution in [2.75, 3.05) is 13.2 Å². The Labute approximate surface area is 125 Å². The van der Waals surface area contributed by atoms with E-state index in [2.05, 4.69) is 19.1 Å². The maximum Gasteiger partial charge on any atom is 0.125 e. The third kappa shape index (κ3) is 2.71. The molecule has 0 aliphatic carbocycles. The number of fused-ring (bicyclic) bond motifs is 1. The highest BCUT2D eigenvalue weighted by atomic mass is 16.5. The van der Waals surface area contributed by atoms with Crippen molar-refractivity contribution >= 4 is 0 Å². The fourth-order valence-corrected chi connectivity index (χ4v) is 3.18. The first kappa shape index (κ1) is 14.2. The van der Waals surface area contributed by atoms with Crippen molar-refractivity contribution in [1.82, 2.24) is 0 Å². The largest absolute Gasteiger partial charge is 0.493 e. The zero-order valence-corrected chi connectivity index (χ0v) is 12.6. The van der Waals surface area contributed by atoms with Crippen molar-refractivity contribution in [3.05, 3.63) is 23.3 Å². The Morgan fingerprint density at radius 3 is 3.05 bits per heavy atom. The SMILES string of the molecule is CCOc1cc2c(cc1C1OCCCC1C#N)OC(C)C2. The van der Waals surface area contributed by atoms with Crippen LogP contribution in [0.4, 0.5) is 0 Å². The minimum atomic E-state index is -0.213. The number of hydrogen-bond donors (Lipinski definition) is 0. The van der Waals surface area contributed by atoms with E-state index in [1.54, 1.807) is 0 Å². The molecule has 4 heteroatoms. The van der Waals surface area contributed by atoms with E-state index in [0.29, 0.717) is 13.2 Å². The van der Waals surface area contributed by atoms with Crippen LogP contribution in [0.25, 0.3) is 0 Å². The van der Waals surface area contributed by atoms with Gasteiger partial charge in [0.2, 0.25) is 0 Å². The van der Waals surface area contributed by atoms with Crippen LogP contribution in [-0.2, 0) is 11.2 Å². The van der Waals surface area contributed by atoms with E-state index in [1.165, 1.54) is 5.56 Å². The van der Waals surface area contributed by atoms with Crippen molar-refractivity contribution in [2.24, 2.45) is 5.92 Å². The number of ether oxygens (including phenoxy) is 3. The highest BCUT2D eigenvalue weighted by Gasteiger charge is 2.32. The minimum absolute atomic E-state index is 0.116. The van der Waals surface area contributed by atoms with Crippen molar-refractivity contribution in [3.63, 3.8) is 0 Å². The lowest BCUT2D eigenvalue weighted by Gasteiger charge is -2.29. The summed E-state index contributed by atoms with van der Waals surface area (Å²) >= 11 is 0. The summed E-state index contributed by atoms with van der Waals surface area (Å²) in [6.07, 6.45) is 2.71. The van der Waals surface area contributed by atoms with E-state index in [9.17, 15) is 5.26 Å². The van der Waals surface area contributed by atoms with Gasteiger partial charge in [0.05, 0.1) is 18.6 Å². The lowest BCUT2D eigenvalue weighted by atomic mass is 9.89. The highest BCUT2D eigenvalue weighted by Crippen LogP contribution is 2.43. The van der Waals surface area contributed by atoms with Gasteiger partial charge in [-0.1, -0.05) is 0 Å².